The van der Waals surface area contributed by atoms with Crippen molar-refractivity contribution >= 4 is 23.9 Å². The predicted octanol–water partition coefficient (Wildman–Crippen LogP) is 7.91. The van der Waals surface area contributed by atoms with E-state index in [1.54, 1.807) is 26.0 Å². The molecular formula is C46H68O13. The van der Waals surface area contributed by atoms with Gasteiger partial charge in [-0.1, -0.05) is 82.6 Å². The highest BCUT2D eigenvalue weighted by atomic mass is 16.6. The van der Waals surface area contributed by atoms with Crippen molar-refractivity contribution in [1.82, 2.24) is 0 Å². The highest BCUT2D eigenvalue weighted by molar-refractivity contribution is 5.68. The van der Waals surface area contributed by atoms with Crippen LogP contribution in [0.4, 0.5) is 0 Å². The number of aliphatic hydroxyl groups excluding tert-OH is 1. The number of aliphatic hydroxyl groups is 1. The Bertz CT molecular complexity index is 1770. The Morgan fingerprint density at radius 1 is 0.898 bits per heavy atom. The van der Waals surface area contributed by atoms with Gasteiger partial charge >= 0.3 is 29.5 Å². The zero-order valence-corrected chi connectivity index (χ0v) is 37.2. The molecule has 13 heteroatoms. The molecule has 0 bridgehead atoms. The Balaban J connectivity index is 2.42. The Morgan fingerprint density at radius 2 is 1.51 bits per heavy atom. The topological polar surface area (TPSA) is 185 Å². The van der Waals surface area contributed by atoms with Crippen LogP contribution in [-0.4, -0.2) is 71.2 Å². The summed E-state index contributed by atoms with van der Waals surface area (Å²) in [4.78, 5) is 62.2. The maximum absolute atomic E-state index is 13.7. The first kappa shape index (κ1) is 50.7. The van der Waals surface area contributed by atoms with Gasteiger partial charge in [-0.15, -0.1) is 0 Å². The molecular weight excluding hydrogens is 760 g/mol. The molecule has 1 aromatic heterocycles. The maximum atomic E-state index is 13.7. The number of aromatic hydroxyl groups is 1. The van der Waals surface area contributed by atoms with Crippen molar-refractivity contribution in [2.45, 2.75) is 158 Å². The molecule has 1 aliphatic rings. The number of ether oxygens (including phenoxy) is 5. The summed E-state index contributed by atoms with van der Waals surface area (Å²) >= 11 is 0. The van der Waals surface area contributed by atoms with Crippen molar-refractivity contribution in [3.05, 3.63) is 75.4 Å². The van der Waals surface area contributed by atoms with E-state index in [1.807, 2.05) is 26.8 Å². The Morgan fingerprint density at radius 3 is 2.05 bits per heavy atom. The van der Waals surface area contributed by atoms with Crippen molar-refractivity contribution in [2.24, 2.45) is 23.7 Å². The summed E-state index contributed by atoms with van der Waals surface area (Å²) < 4.78 is 33.9. The van der Waals surface area contributed by atoms with E-state index in [-0.39, 0.29) is 30.0 Å². The summed E-state index contributed by atoms with van der Waals surface area (Å²) in [6.45, 7) is 22.4. The number of esters is 4. The fourth-order valence-electron chi connectivity index (χ4n) is 7.47. The average Bonchev–Trinajstić information content (AvgIpc) is 3.11. The molecule has 1 saturated heterocycles. The number of hydrogen-bond donors (Lipinski definition) is 2. The molecule has 1 aliphatic heterocycles. The van der Waals surface area contributed by atoms with Crippen molar-refractivity contribution in [3.8, 4) is 5.75 Å². The first-order valence-electron chi connectivity index (χ1n) is 20.5. The molecule has 2 N–H and O–H groups in total. The van der Waals surface area contributed by atoms with Gasteiger partial charge in [-0.2, -0.15) is 0 Å². The number of rotatable bonds is 20. The van der Waals surface area contributed by atoms with E-state index in [9.17, 15) is 34.2 Å². The summed E-state index contributed by atoms with van der Waals surface area (Å²) in [6, 6.07) is 1.19. The minimum Gasteiger partial charge on any atom is -0.507 e. The van der Waals surface area contributed by atoms with E-state index < -0.39 is 83.5 Å². The van der Waals surface area contributed by atoms with Crippen molar-refractivity contribution < 1.29 is 57.5 Å². The van der Waals surface area contributed by atoms with Crippen LogP contribution < -0.4 is 5.63 Å². The highest BCUT2D eigenvalue weighted by Crippen LogP contribution is 2.40. The average molecular weight is 829 g/mol. The summed E-state index contributed by atoms with van der Waals surface area (Å²) in [5, 5.41) is 21.2. The van der Waals surface area contributed by atoms with Gasteiger partial charge in [0.1, 0.15) is 41.5 Å². The summed E-state index contributed by atoms with van der Waals surface area (Å²) in [5.41, 5.74) is -0.721. The van der Waals surface area contributed by atoms with Gasteiger partial charge in [-0.3, -0.25) is 19.2 Å². The minimum absolute atomic E-state index is 0.000164. The second-order valence-electron chi connectivity index (χ2n) is 16.7. The van der Waals surface area contributed by atoms with E-state index in [4.69, 9.17) is 28.1 Å². The normalized spacial score (nSPS) is 22.3. The molecule has 0 aliphatic carbocycles. The van der Waals surface area contributed by atoms with E-state index >= 15 is 0 Å². The molecule has 2 rings (SSSR count). The maximum Gasteiger partial charge on any atom is 0.345 e. The molecule has 13 nitrogen and oxygen atoms in total. The van der Waals surface area contributed by atoms with Gasteiger partial charge in [-0.05, 0) is 64.4 Å². The van der Waals surface area contributed by atoms with Crippen molar-refractivity contribution in [1.29, 1.82) is 0 Å². The fraction of sp³-hybridized carbons (Fsp3) is 0.630. The second-order valence-corrected chi connectivity index (χ2v) is 16.7. The quantitative estimate of drug-likeness (QED) is 0.0735. The molecule has 0 saturated carbocycles. The minimum atomic E-state index is -1.47. The molecule has 0 aromatic carbocycles. The van der Waals surface area contributed by atoms with Gasteiger partial charge in [-0.25, -0.2) is 4.79 Å². The van der Waals surface area contributed by atoms with Crippen LogP contribution in [0, 0.1) is 23.7 Å². The van der Waals surface area contributed by atoms with Gasteiger partial charge in [0.15, 0.2) is 6.10 Å². The monoisotopic (exact) mass is 828 g/mol. The smallest absolute Gasteiger partial charge is 0.345 e. The van der Waals surface area contributed by atoms with Crippen LogP contribution in [0.5, 0.6) is 5.75 Å². The number of carbonyl (C=O) groups is 4. The lowest BCUT2D eigenvalue weighted by molar-refractivity contribution is -0.213. The lowest BCUT2D eigenvalue weighted by Gasteiger charge is -2.40. The summed E-state index contributed by atoms with van der Waals surface area (Å²) in [5.74, 6) is -2.10. The lowest BCUT2D eigenvalue weighted by atomic mass is 9.82. The van der Waals surface area contributed by atoms with Crippen molar-refractivity contribution in [3.63, 3.8) is 0 Å². The molecule has 330 valence electrons. The Kier molecular flexibility index (Phi) is 20.0. The third-order valence-electron chi connectivity index (χ3n) is 10.6. The van der Waals surface area contributed by atoms with Crippen LogP contribution in [0.15, 0.2) is 62.9 Å². The highest BCUT2D eigenvalue weighted by Gasteiger charge is 2.47. The molecule has 2 heterocycles. The molecule has 0 radical (unpaired) electrons. The number of allylic oxidation sites excluding steroid dienone is 6. The van der Waals surface area contributed by atoms with Gasteiger partial charge in [0.2, 0.25) is 0 Å². The molecule has 1 fully saturated rings. The zero-order chi connectivity index (χ0) is 44.8. The Labute approximate surface area is 349 Å². The standard InChI is InChI=1S/C46H68O13/c1-14-26(2)20-29(5)21-27(3)16-15-17-30(6)42(56-34(10)50)31(7)22-28(4)18-19-39(55-33(9)49)46(12,13)40-24-37(52)41(45(53)59-40)44-43(57-35(11)51)38(54-32(8)48)23-36(25-47)58-44/h15-16,18-19,21-22,24,26,29-31,36,38-39,42-44,47,52H,14,17,20,23,25H2,1-13H3/b16-15+,19-18+,27-21+,28-22+/t26?,29?,30?,31?,36-,38-,39?,42?,43+,44-/m1/s1. The SMILES string of the molecule is CCC(C)CC(C)/C=C(C)/C=C/CC(C)C(OC(C)=O)C(C)/C=C(C)/C=C/C(OC(C)=O)C(C)(C)c1cc(O)c([C@H]2O[C@@H](CO)C[C@@H](OC(C)=O)[C@@H]2OC(C)=O)c(=O)o1. The predicted molar refractivity (Wildman–Crippen MR) is 223 cm³/mol. The first-order chi connectivity index (χ1) is 27.5. The van der Waals surface area contributed by atoms with Crippen molar-refractivity contribution in [2.75, 3.05) is 6.61 Å². The molecule has 6 unspecified atom stereocenters. The third kappa shape index (κ3) is 15.9. The number of carbonyl (C=O) groups excluding carboxylic acids is 4. The largest absolute Gasteiger partial charge is 0.507 e. The van der Waals surface area contributed by atoms with E-state index in [1.165, 1.54) is 25.5 Å². The lowest BCUT2D eigenvalue weighted by Crippen LogP contribution is -2.49. The van der Waals surface area contributed by atoms with E-state index in [0.717, 1.165) is 32.3 Å². The molecule has 0 spiro atoms. The van der Waals surface area contributed by atoms with Crippen LogP contribution >= 0.6 is 0 Å². The van der Waals surface area contributed by atoms with Crippen LogP contribution in [0.25, 0.3) is 0 Å². The van der Waals surface area contributed by atoms with Gasteiger partial charge in [0.05, 0.1) is 18.1 Å². The molecule has 0 amide bonds. The van der Waals surface area contributed by atoms with Gasteiger partial charge in [0, 0.05) is 46.1 Å². The summed E-state index contributed by atoms with van der Waals surface area (Å²) in [6.07, 6.45) is 8.58. The van der Waals surface area contributed by atoms with Crippen LogP contribution in [0.2, 0.25) is 0 Å². The first-order valence-corrected chi connectivity index (χ1v) is 20.5. The third-order valence-corrected chi connectivity index (χ3v) is 10.6. The molecule has 1 aromatic rings. The van der Waals surface area contributed by atoms with Gasteiger partial charge < -0.3 is 38.3 Å². The summed E-state index contributed by atoms with van der Waals surface area (Å²) in [7, 11) is 0. The number of hydrogen-bond acceptors (Lipinski definition) is 13. The molecule has 59 heavy (non-hydrogen) atoms. The van der Waals surface area contributed by atoms with Crippen LogP contribution in [0.1, 0.15) is 133 Å². The zero-order valence-electron chi connectivity index (χ0n) is 37.2. The van der Waals surface area contributed by atoms with Gasteiger partial charge in [0.25, 0.3) is 0 Å². The Hall–Kier alpha value is -4.49. The molecule has 10 atom stereocenters. The van der Waals surface area contributed by atoms with Crippen LogP contribution in [0.3, 0.4) is 0 Å². The van der Waals surface area contributed by atoms with E-state index in [0.29, 0.717) is 18.3 Å². The van der Waals surface area contributed by atoms with E-state index in [2.05, 4.69) is 45.9 Å². The van der Waals surface area contributed by atoms with Crippen LogP contribution in [-0.2, 0) is 48.3 Å². The fourth-order valence-corrected chi connectivity index (χ4v) is 7.47. The second kappa shape index (κ2) is 23.3.